The van der Waals surface area contributed by atoms with Crippen LogP contribution < -0.4 is 0 Å². The molecule has 8 aromatic carbocycles. The molecule has 0 amide bonds. The minimum Gasteiger partial charge on any atom is -0.0622 e. The fourth-order valence-electron chi connectivity index (χ4n) is 7.89. The summed E-state index contributed by atoms with van der Waals surface area (Å²) in [4.78, 5) is 0. The Morgan fingerprint density at radius 3 is 1.44 bits per heavy atom. The van der Waals surface area contributed by atoms with Crippen LogP contribution >= 0.6 is 0 Å². The first-order valence-electron chi connectivity index (χ1n) is 15.2. The summed E-state index contributed by atoms with van der Waals surface area (Å²) >= 11 is 0. The van der Waals surface area contributed by atoms with Gasteiger partial charge in [0.2, 0.25) is 0 Å². The Morgan fingerprint density at radius 2 is 0.814 bits per heavy atom. The van der Waals surface area contributed by atoms with Gasteiger partial charge in [-0.1, -0.05) is 153 Å². The predicted octanol–water partition coefficient (Wildman–Crippen LogP) is 11.9. The topological polar surface area (TPSA) is 0 Å². The third kappa shape index (κ3) is 3.32. The van der Waals surface area contributed by atoms with Crippen molar-refractivity contribution >= 4 is 43.1 Å². The van der Waals surface area contributed by atoms with E-state index in [-0.39, 0.29) is 5.41 Å². The van der Waals surface area contributed by atoms with E-state index in [1.165, 1.54) is 87.6 Å². The van der Waals surface area contributed by atoms with Gasteiger partial charge in [0.15, 0.2) is 0 Å². The van der Waals surface area contributed by atoms with Crippen molar-refractivity contribution in [2.75, 3.05) is 0 Å². The normalized spacial score (nSPS) is 13.5. The van der Waals surface area contributed by atoms with Crippen molar-refractivity contribution in [3.8, 4) is 33.4 Å². The maximum Gasteiger partial charge on any atom is 0.0159 e. The fraction of sp³-hybridized carbons (Fsp3) is 0.0698. The summed E-state index contributed by atoms with van der Waals surface area (Å²) in [6, 6.07) is 54.0. The first-order valence-corrected chi connectivity index (χ1v) is 15.2. The number of benzene rings is 8. The van der Waals surface area contributed by atoms with Crippen LogP contribution in [0.25, 0.3) is 76.5 Å². The largest absolute Gasteiger partial charge is 0.0622 e. The van der Waals surface area contributed by atoms with E-state index in [0.29, 0.717) is 0 Å². The molecular formula is C43H30. The minimum absolute atomic E-state index is 0.122. The molecule has 0 saturated carbocycles. The molecule has 0 radical (unpaired) electrons. The Bertz CT molecular complexity index is 2350. The predicted molar refractivity (Wildman–Crippen MR) is 185 cm³/mol. The Hall–Kier alpha value is -5.20. The summed E-state index contributed by atoms with van der Waals surface area (Å²) < 4.78 is 0. The third-order valence-electron chi connectivity index (χ3n) is 9.83. The van der Waals surface area contributed by atoms with Gasteiger partial charge < -0.3 is 0 Å². The van der Waals surface area contributed by atoms with Crippen LogP contribution in [0.15, 0.2) is 146 Å². The van der Waals surface area contributed by atoms with Gasteiger partial charge in [0.25, 0.3) is 0 Å². The zero-order valence-electron chi connectivity index (χ0n) is 24.4. The maximum atomic E-state index is 2.53. The summed E-state index contributed by atoms with van der Waals surface area (Å²) in [5.41, 5.74) is 10.7. The van der Waals surface area contributed by atoms with Crippen molar-refractivity contribution in [1.29, 1.82) is 0 Å². The molecule has 1 aliphatic rings. The van der Waals surface area contributed by atoms with Gasteiger partial charge in [-0.3, -0.25) is 0 Å². The van der Waals surface area contributed by atoms with Gasteiger partial charge in [-0.15, -0.1) is 0 Å². The second-order valence-electron chi connectivity index (χ2n) is 12.4. The van der Waals surface area contributed by atoms with Crippen molar-refractivity contribution in [2.45, 2.75) is 19.3 Å². The molecule has 0 unspecified atom stereocenters. The molecule has 0 heterocycles. The molecule has 8 aromatic rings. The van der Waals surface area contributed by atoms with Crippen molar-refractivity contribution in [3.05, 3.63) is 157 Å². The number of rotatable bonds is 2. The van der Waals surface area contributed by atoms with Crippen molar-refractivity contribution in [1.82, 2.24) is 0 Å². The van der Waals surface area contributed by atoms with Gasteiger partial charge in [0, 0.05) is 5.41 Å². The van der Waals surface area contributed by atoms with E-state index in [1.807, 2.05) is 0 Å². The van der Waals surface area contributed by atoms with Crippen molar-refractivity contribution in [3.63, 3.8) is 0 Å². The summed E-state index contributed by atoms with van der Waals surface area (Å²) in [7, 11) is 0. The van der Waals surface area contributed by atoms with Gasteiger partial charge in [-0.2, -0.15) is 0 Å². The van der Waals surface area contributed by atoms with Gasteiger partial charge >= 0.3 is 0 Å². The van der Waals surface area contributed by atoms with Crippen LogP contribution in [0.3, 0.4) is 0 Å². The Kier molecular flexibility index (Phi) is 5.05. The number of fused-ring (bicyclic) bond motifs is 9. The van der Waals surface area contributed by atoms with E-state index in [2.05, 4.69) is 159 Å². The van der Waals surface area contributed by atoms with Crippen LogP contribution in [-0.2, 0) is 5.41 Å². The lowest BCUT2D eigenvalue weighted by Crippen LogP contribution is -2.15. The fourth-order valence-corrected chi connectivity index (χ4v) is 7.89. The summed E-state index contributed by atoms with van der Waals surface area (Å²) in [6.07, 6.45) is 0. The molecule has 43 heavy (non-hydrogen) atoms. The van der Waals surface area contributed by atoms with E-state index in [1.54, 1.807) is 0 Å². The average molecular weight is 547 g/mol. The van der Waals surface area contributed by atoms with Crippen LogP contribution in [0.2, 0.25) is 0 Å². The molecule has 0 atom stereocenters. The molecular weight excluding hydrogens is 516 g/mol. The average Bonchev–Trinajstić information content (AvgIpc) is 3.30. The molecule has 0 aromatic heterocycles. The molecule has 0 aliphatic heterocycles. The summed E-state index contributed by atoms with van der Waals surface area (Å²) in [5, 5.41) is 10.5. The molecule has 202 valence electrons. The monoisotopic (exact) mass is 546 g/mol. The number of hydrogen-bond donors (Lipinski definition) is 0. The minimum atomic E-state index is -0.122. The highest BCUT2D eigenvalue weighted by Crippen LogP contribution is 2.56. The Labute approximate surface area is 251 Å². The molecule has 1 aliphatic carbocycles. The maximum absolute atomic E-state index is 2.53. The molecule has 0 saturated heterocycles. The highest BCUT2D eigenvalue weighted by Gasteiger charge is 2.38. The zero-order chi connectivity index (χ0) is 28.7. The lowest BCUT2D eigenvalue weighted by molar-refractivity contribution is 0.661. The molecule has 0 nitrogen and oxygen atoms in total. The Morgan fingerprint density at radius 1 is 0.349 bits per heavy atom. The third-order valence-corrected chi connectivity index (χ3v) is 9.83. The first-order chi connectivity index (χ1) is 21.1. The highest BCUT2D eigenvalue weighted by molar-refractivity contribution is 6.25. The smallest absolute Gasteiger partial charge is 0.0159 e. The second kappa shape index (κ2) is 8.90. The lowest BCUT2D eigenvalue weighted by Gasteiger charge is -2.24. The molecule has 9 rings (SSSR count). The molecule has 0 heteroatoms. The quantitative estimate of drug-likeness (QED) is 0.189. The number of hydrogen-bond acceptors (Lipinski definition) is 0. The van der Waals surface area contributed by atoms with Crippen molar-refractivity contribution < 1.29 is 0 Å². The van der Waals surface area contributed by atoms with Crippen LogP contribution in [0.4, 0.5) is 0 Å². The Balaban J connectivity index is 1.46. The second-order valence-corrected chi connectivity index (χ2v) is 12.4. The first kappa shape index (κ1) is 24.4. The van der Waals surface area contributed by atoms with Crippen molar-refractivity contribution in [2.24, 2.45) is 0 Å². The molecule has 0 N–H and O–H groups in total. The molecule has 0 fully saturated rings. The van der Waals surface area contributed by atoms with Gasteiger partial charge in [-0.05, 0) is 93.7 Å². The summed E-state index contributed by atoms with van der Waals surface area (Å²) in [5.74, 6) is 0. The van der Waals surface area contributed by atoms with E-state index in [4.69, 9.17) is 0 Å². The van der Waals surface area contributed by atoms with E-state index in [9.17, 15) is 0 Å². The van der Waals surface area contributed by atoms with Crippen LogP contribution in [-0.4, -0.2) is 0 Å². The molecule has 0 spiro atoms. The summed E-state index contributed by atoms with van der Waals surface area (Å²) in [6.45, 7) is 4.80. The lowest BCUT2D eigenvalue weighted by atomic mass is 9.79. The van der Waals surface area contributed by atoms with Gasteiger partial charge in [-0.25, -0.2) is 0 Å². The molecule has 0 bridgehead atoms. The van der Waals surface area contributed by atoms with E-state index in [0.717, 1.165) is 0 Å². The van der Waals surface area contributed by atoms with Crippen LogP contribution in [0.1, 0.15) is 25.0 Å². The highest BCUT2D eigenvalue weighted by atomic mass is 14.4. The standard InChI is InChI=1S/C43H30/c1-43(2)37-25-24-27-14-6-7-17-29(27)41(37)42-31-19-9-8-18-30(31)36(26-38(42)43)40-34-22-12-10-20-32(34)39(28-15-4-3-5-16-28)33-21-11-13-23-35(33)40/h3-26H,1-2H3. The zero-order valence-corrected chi connectivity index (χ0v) is 24.4. The van der Waals surface area contributed by atoms with Gasteiger partial charge in [0.1, 0.15) is 0 Å². The van der Waals surface area contributed by atoms with E-state index < -0.39 is 0 Å². The van der Waals surface area contributed by atoms with Crippen LogP contribution in [0, 0.1) is 0 Å². The van der Waals surface area contributed by atoms with E-state index >= 15 is 0 Å². The van der Waals surface area contributed by atoms with Gasteiger partial charge in [0.05, 0.1) is 0 Å². The SMILES string of the molecule is CC1(C)c2ccc3ccccc3c2-c2c1cc(-c1c3ccccc3c(-c3ccccc3)c3ccccc13)c1ccccc21. The van der Waals surface area contributed by atoms with Crippen LogP contribution in [0.5, 0.6) is 0 Å².